The molecule has 0 radical (unpaired) electrons. The van der Waals surface area contributed by atoms with Crippen LogP contribution in [-0.2, 0) is 0 Å². The Morgan fingerprint density at radius 1 is 1.62 bits per heavy atom. The van der Waals surface area contributed by atoms with E-state index in [0.29, 0.717) is 0 Å². The Hall–Kier alpha value is -0.790. The smallest absolute Gasteiger partial charge is 0.337 e. The van der Waals surface area contributed by atoms with Crippen LogP contribution in [-0.4, -0.2) is 16.1 Å². The molecule has 1 N–H and O–H groups in total. The maximum atomic E-state index is 12.2. The third-order valence-electron chi connectivity index (χ3n) is 1.35. The summed E-state index contributed by atoms with van der Waals surface area (Å²) in [4.78, 5) is 13.9. The largest absolute Gasteiger partial charge is 0.478 e. The van der Waals surface area contributed by atoms with Gasteiger partial charge in [0, 0.05) is 6.20 Å². The highest BCUT2D eigenvalue weighted by atomic mass is 127. The second kappa shape index (κ2) is 3.95. The zero-order valence-corrected chi connectivity index (χ0v) is 8.33. The highest BCUT2D eigenvalue weighted by Crippen LogP contribution is 2.23. The van der Waals surface area contributed by atoms with Crippen LogP contribution < -0.4 is 0 Å². The summed E-state index contributed by atoms with van der Waals surface area (Å²) in [5.74, 6) is -1.26. The topological polar surface area (TPSA) is 50.2 Å². The van der Waals surface area contributed by atoms with Gasteiger partial charge in [0.2, 0.25) is 0 Å². The van der Waals surface area contributed by atoms with Crippen LogP contribution in [0.25, 0.3) is 0 Å². The lowest BCUT2D eigenvalue weighted by Crippen LogP contribution is -2.01. The minimum Gasteiger partial charge on any atom is -0.478 e. The van der Waals surface area contributed by atoms with Crippen molar-refractivity contribution in [2.24, 2.45) is 0 Å². The van der Waals surface area contributed by atoms with Gasteiger partial charge in [-0.25, -0.2) is 18.6 Å². The van der Waals surface area contributed by atoms with Crippen molar-refractivity contribution >= 4 is 28.6 Å². The molecule has 0 bridgehead atoms. The third kappa shape index (κ3) is 2.33. The van der Waals surface area contributed by atoms with E-state index < -0.39 is 12.4 Å². The van der Waals surface area contributed by atoms with E-state index in [2.05, 4.69) is 4.98 Å². The van der Waals surface area contributed by atoms with Crippen molar-refractivity contribution in [1.29, 1.82) is 0 Å². The summed E-state index contributed by atoms with van der Waals surface area (Å²) >= 11 is 1.63. The summed E-state index contributed by atoms with van der Waals surface area (Å²) in [6.45, 7) is 0. The molecule has 0 atom stereocenters. The highest BCUT2D eigenvalue weighted by Gasteiger charge is 2.15. The number of halogens is 3. The van der Waals surface area contributed by atoms with E-state index in [0.717, 1.165) is 12.3 Å². The number of rotatable bonds is 2. The number of hydrogen-bond donors (Lipinski definition) is 1. The Bertz CT molecular complexity index is 343. The van der Waals surface area contributed by atoms with E-state index in [4.69, 9.17) is 5.11 Å². The minimum absolute atomic E-state index is 0.123. The second-order valence-electron chi connectivity index (χ2n) is 2.21. The van der Waals surface area contributed by atoms with Crippen LogP contribution in [0.5, 0.6) is 0 Å². The van der Waals surface area contributed by atoms with E-state index in [1.54, 1.807) is 22.6 Å². The number of carbonyl (C=O) groups is 1. The number of nitrogens with zero attached hydrogens (tertiary/aromatic N) is 1. The summed E-state index contributed by atoms with van der Waals surface area (Å²) in [7, 11) is 0. The maximum Gasteiger partial charge on any atom is 0.337 e. The van der Waals surface area contributed by atoms with Gasteiger partial charge in [-0.1, -0.05) is 0 Å². The summed E-state index contributed by atoms with van der Waals surface area (Å²) in [5, 5.41) is 8.49. The zero-order valence-electron chi connectivity index (χ0n) is 6.17. The molecule has 0 aromatic carbocycles. The molecule has 13 heavy (non-hydrogen) atoms. The lowest BCUT2D eigenvalue weighted by Gasteiger charge is -2.02. The monoisotopic (exact) mass is 299 g/mol. The van der Waals surface area contributed by atoms with Gasteiger partial charge in [-0.3, -0.25) is 0 Å². The predicted molar refractivity (Wildman–Crippen MR) is 48.9 cm³/mol. The Morgan fingerprint density at radius 2 is 2.23 bits per heavy atom. The average molecular weight is 299 g/mol. The Kier molecular flexibility index (Phi) is 3.12. The summed E-state index contributed by atoms with van der Waals surface area (Å²) in [5.41, 5.74) is -0.573. The van der Waals surface area contributed by atoms with Gasteiger partial charge in [-0.2, -0.15) is 0 Å². The quantitative estimate of drug-likeness (QED) is 0.673. The summed E-state index contributed by atoms with van der Waals surface area (Å²) in [6, 6.07) is 0.932. The van der Waals surface area contributed by atoms with Crippen molar-refractivity contribution in [3.8, 4) is 0 Å². The lowest BCUT2D eigenvalue weighted by molar-refractivity contribution is 0.0696. The van der Waals surface area contributed by atoms with Crippen molar-refractivity contribution in [1.82, 2.24) is 4.98 Å². The van der Waals surface area contributed by atoms with Gasteiger partial charge in [0.05, 0.1) is 11.1 Å². The molecule has 3 nitrogen and oxygen atoms in total. The van der Waals surface area contributed by atoms with Crippen molar-refractivity contribution < 1.29 is 18.7 Å². The molecule has 1 aromatic rings. The van der Waals surface area contributed by atoms with Crippen LogP contribution in [0.4, 0.5) is 8.78 Å². The molecule has 0 spiro atoms. The van der Waals surface area contributed by atoms with Crippen molar-refractivity contribution in [2.45, 2.75) is 6.43 Å². The van der Waals surface area contributed by atoms with E-state index in [9.17, 15) is 13.6 Å². The molecule has 0 fully saturated rings. The van der Waals surface area contributed by atoms with Crippen molar-refractivity contribution in [3.63, 3.8) is 0 Å². The van der Waals surface area contributed by atoms with Crippen LogP contribution in [0.3, 0.4) is 0 Å². The van der Waals surface area contributed by atoms with E-state index in [-0.39, 0.29) is 14.8 Å². The molecule has 0 aliphatic rings. The average Bonchev–Trinajstić information content (AvgIpc) is 2.04. The van der Waals surface area contributed by atoms with Crippen molar-refractivity contribution in [2.75, 3.05) is 0 Å². The maximum absolute atomic E-state index is 12.2. The molecule has 1 heterocycles. The fourth-order valence-electron chi connectivity index (χ4n) is 0.735. The molecule has 0 saturated heterocycles. The number of carboxylic acid groups (broad SMARTS) is 1. The standard InChI is InChI=1S/C7H4F2INO2/c8-5(9)4-1-3(7(12)13)2-11-6(4)10/h1-2,5H,(H,12,13). The first-order valence-electron chi connectivity index (χ1n) is 3.19. The molecular weight excluding hydrogens is 295 g/mol. The Morgan fingerprint density at radius 3 is 2.69 bits per heavy atom. The van der Waals surface area contributed by atoms with Gasteiger partial charge in [-0.05, 0) is 28.7 Å². The summed E-state index contributed by atoms with van der Waals surface area (Å²) in [6.07, 6.45) is -1.64. The van der Waals surface area contributed by atoms with Crippen LogP contribution >= 0.6 is 22.6 Å². The zero-order chi connectivity index (χ0) is 10.0. The molecular formula is C7H4F2INO2. The molecule has 0 saturated carbocycles. The van der Waals surface area contributed by atoms with E-state index >= 15 is 0 Å². The van der Waals surface area contributed by atoms with Gasteiger partial charge in [-0.15, -0.1) is 0 Å². The Labute approximate surface area is 85.9 Å². The van der Waals surface area contributed by atoms with Gasteiger partial charge in [0.15, 0.2) is 0 Å². The lowest BCUT2D eigenvalue weighted by atomic mass is 10.2. The number of carboxylic acids is 1. The molecule has 0 unspecified atom stereocenters. The van der Waals surface area contributed by atoms with Crippen molar-refractivity contribution in [3.05, 3.63) is 27.1 Å². The fourth-order valence-corrected chi connectivity index (χ4v) is 1.27. The fraction of sp³-hybridized carbons (Fsp3) is 0.143. The van der Waals surface area contributed by atoms with Crippen LogP contribution in [0.15, 0.2) is 12.3 Å². The van der Waals surface area contributed by atoms with Gasteiger partial charge in [0.1, 0.15) is 3.70 Å². The first-order valence-corrected chi connectivity index (χ1v) is 4.27. The second-order valence-corrected chi connectivity index (χ2v) is 3.23. The normalized spacial score (nSPS) is 10.5. The summed E-state index contributed by atoms with van der Waals surface area (Å²) < 4.78 is 24.6. The highest BCUT2D eigenvalue weighted by molar-refractivity contribution is 14.1. The number of alkyl halides is 2. The van der Waals surface area contributed by atoms with Crippen LogP contribution in [0.2, 0.25) is 0 Å². The molecule has 0 amide bonds. The first kappa shape index (κ1) is 10.3. The third-order valence-corrected chi connectivity index (χ3v) is 2.25. The molecule has 6 heteroatoms. The number of aromatic nitrogens is 1. The first-order chi connectivity index (χ1) is 6.02. The van der Waals surface area contributed by atoms with Gasteiger partial charge >= 0.3 is 5.97 Å². The van der Waals surface area contributed by atoms with E-state index in [1.165, 1.54) is 0 Å². The predicted octanol–water partition coefficient (Wildman–Crippen LogP) is 2.32. The van der Waals surface area contributed by atoms with Gasteiger partial charge in [0.25, 0.3) is 6.43 Å². The molecule has 0 aliphatic carbocycles. The molecule has 70 valence electrons. The number of hydrogen-bond acceptors (Lipinski definition) is 2. The van der Waals surface area contributed by atoms with Crippen LogP contribution in [0.1, 0.15) is 22.3 Å². The number of aromatic carboxylic acids is 1. The molecule has 1 rings (SSSR count). The van der Waals surface area contributed by atoms with E-state index in [1.807, 2.05) is 0 Å². The molecule has 0 aliphatic heterocycles. The number of pyridine rings is 1. The van der Waals surface area contributed by atoms with Crippen LogP contribution in [0, 0.1) is 3.70 Å². The Balaban J connectivity index is 3.19. The van der Waals surface area contributed by atoms with Gasteiger partial charge < -0.3 is 5.11 Å². The minimum atomic E-state index is -2.70. The molecule has 1 aromatic heterocycles. The SMILES string of the molecule is O=C(O)c1cnc(I)c(C(F)F)c1.